The van der Waals surface area contributed by atoms with Gasteiger partial charge in [-0.05, 0) is 44.0 Å². The van der Waals surface area contributed by atoms with Gasteiger partial charge < -0.3 is 14.8 Å². The molecule has 0 bridgehead atoms. The van der Waals surface area contributed by atoms with Gasteiger partial charge in [0.15, 0.2) is 0 Å². The standard InChI is InChI=1S/C19H23NO4S/c1-4-15-12-16(19(22)24-6-3)18(25-15)20-17(21)11-13-7-9-14(10-8-13)23-5-2/h7-10,12H,4-6,11H2,1-3H3,(H,20,21). The van der Waals surface area contributed by atoms with Crippen molar-refractivity contribution in [3.8, 4) is 5.75 Å². The first kappa shape index (κ1) is 19.0. The topological polar surface area (TPSA) is 64.6 Å². The van der Waals surface area contributed by atoms with Crippen LogP contribution in [0.15, 0.2) is 30.3 Å². The Kier molecular flexibility index (Phi) is 7.01. The molecule has 0 radical (unpaired) electrons. The Bertz CT molecular complexity index is 722. The van der Waals surface area contributed by atoms with Gasteiger partial charge in [0.2, 0.25) is 5.91 Å². The molecule has 1 aromatic heterocycles. The number of anilines is 1. The first-order valence-electron chi connectivity index (χ1n) is 8.38. The first-order valence-corrected chi connectivity index (χ1v) is 9.20. The maximum atomic E-state index is 12.3. The molecule has 0 saturated heterocycles. The number of hydrogen-bond donors (Lipinski definition) is 1. The molecular weight excluding hydrogens is 338 g/mol. The molecule has 2 rings (SSSR count). The van der Waals surface area contributed by atoms with E-state index >= 15 is 0 Å². The Balaban J connectivity index is 2.06. The molecule has 2 aromatic rings. The van der Waals surface area contributed by atoms with Gasteiger partial charge in [-0.1, -0.05) is 19.1 Å². The van der Waals surface area contributed by atoms with E-state index in [4.69, 9.17) is 9.47 Å². The van der Waals surface area contributed by atoms with Crippen molar-refractivity contribution in [2.24, 2.45) is 0 Å². The SMILES string of the molecule is CCOC(=O)c1cc(CC)sc1NC(=O)Cc1ccc(OCC)cc1. The molecule has 0 spiro atoms. The summed E-state index contributed by atoms with van der Waals surface area (Å²) in [5, 5.41) is 3.39. The predicted octanol–water partition coefficient (Wildman–Crippen LogP) is 4.07. The lowest BCUT2D eigenvalue weighted by Crippen LogP contribution is -2.16. The van der Waals surface area contributed by atoms with Crippen LogP contribution in [0.4, 0.5) is 5.00 Å². The summed E-state index contributed by atoms with van der Waals surface area (Å²) in [7, 11) is 0. The second kappa shape index (κ2) is 9.22. The molecule has 0 aliphatic carbocycles. The number of rotatable bonds is 8. The normalized spacial score (nSPS) is 10.4. The highest BCUT2D eigenvalue weighted by molar-refractivity contribution is 7.16. The summed E-state index contributed by atoms with van der Waals surface area (Å²) >= 11 is 1.41. The molecule has 1 aromatic carbocycles. The van der Waals surface area contributed by atoms with Crippen LogP contribution in [0, 0.1) is 0 Å². The number of benzene rings is 1. The number of thiophene rings is 1. The molecule has 1 amide bonds. The molecule has 0 unspecified atom stereocenters. The van der Waals surface area contributed by atoms with Crippen LogP contribution in [0.1, 0.15) is 41.6 Å². The quantitative estimate of drug-likeness (QED) is 0.720. The number of carbonyl (C=O) groups excluding carboxylic acids is 2. The average molecular weight is 361 g/mol. The molecular formula is C19H23NO4S. The molecule has 1 N–H and O–H groups in total. The van der Waals surface area contributed by atoms with Crippen LogP contribution in [0.2, 0.25) is 0 Å². The summed E-state index contributed by atoms with van der Waals surface area (Å²) < 4.78 is 10.5. The Labute approximate surface area is 152 Å². The van der Waals surface area contributed by atoms with E-state index in [0.717, 1.165) is 22.6 Å². The van der Waals surface area contributed by atoms with Crippen molar-refractivity contribution in [2.75, 3.05) is 18.5 Å². The molecule has 6 heteroatoms. The number of ether oxygens (including phenoxy) is 2. The highest BCUT2D eigenvalue weighted by Gasteiger charge is 2.18. The van der Waals surface area contributed by atoms with E-state index in [-0.39, 0.29) is 12.3 Å². The van der Waals surface area contributed by atoms with Gasteiger partial charge in [0.05, 0.1) is 25.2 Å². The maximum absolute atomic E-state index is 12.3. The van der Waals surface area contributed by atoms with Gasteiger partial charge in [0, 0.05) is 4.88 Å². The van der Waals surface area contributed by atoms with Crippen molar-refractivity contribution in [1.82, 2.24) is 0 Å². The second-order valence-corrected chi connectivity index (χ2v) is 6.47. The number of amides is 1. The fourth-order valence-corrected chi connectivity index (χ4v) is 3.30. The highest BCUT2D eigenvalue weighted by Crippen LogP contribution is 2.29. The van der Waals surface area contributed by atoms with E-state index < -0.39 is 5.97 Å². The summed E-state index contributed by atoms with van der Waals surface area (Å²) in [6, 6.07) is 9.20. The van der Waals surface area contributed by atoms with Crippen LogP contribution >= 0.6 is 11.3 Å². The summed E-state index contributed by atoms with van der Waals surface area (Å²) in [4.78, 5) is 25.4. The average Bonchev–Trinajstić information content (AvgIpc) is 3.00. The number of esters is 1. The monoisotopic (exact) mass is 361 g/mol. The smallest absolute Gasteiger partial charge is 0.341 e. The minimum absolute atomic E-state index is 0.167. The Morgan fingerprint density at radius 1 is 1.08 bits per heavy atom. The fourth-order valence-electron chi connectivity index (χ4n) is 2.30. The van der Waals surface area contributed by atoms with Crippen molar-refractivity contribution in [1.29, 1.82) is 0 Å². The van der Waals surface area contributed by atoms with Crippen LogP contribution in [0.25, 0.3) is 0 Å². The highest BCUT2D eigenvalue weighted by atomic mass is 32.1. The molecule has 0 aliphatic heterocycles. The first-order chi connectivity index (χ1) is 12.1. The van der Waals surface area contributed by atoms with E-state index in [1.165, 1.54) is 11.3 Å². The zero-order valence-electron chi connectivity index (χ0n) is 14.8. The van der Waals surface area contributed by atoms with Crippen molar-refractivity contribution in [3.63, 3.8) is 0 Å². The van der Waals surface area contributed by atoms with E-state index in [9.17, 15) is 9.59 Å². The minimum Gasteiger partial charge on any atom is -0.494 e. The van der Waals surface area contributed by atoms with E-state index in [1.54, 1.807) is 13.0 Å². The zero-order chi connectivity index (χ0) is 18.2. The molecule has 0 saturated carbocycles. The number of hydrogen-bond acceptors (Lipinski definition) is 5. The van der Waals surface area contributed by atoms with Gasteiger partial charge >= 0.3 is 5.97 Å². The molecule has 1 heterocycles. The van der Waals surface area contributed by atoms with Crippen LogP contribution < -0.4 is 10.1 Å². The molecule has 0 fully saturated rings. The number of aryl methyl sites for hydroxylation is 1. The zero-order valence-corrected chi connectivity index (χ0v) is 15.6. The van der Waals surface area contributed by atoms with Crippen molar-refractivity contribution in [3.05, 3.63) is 46.3 Å². The van der Waals surface area contributed by atoms with Crippen molar-refractivity contribution < 1.29 is 19.1 Å². The van der Waals surface area contributed by atoms with Crippen molar-refractivity contribution >= 4 is 28.2 Å². The molecule has 25 heavy (non-hydrogen) atoms. The lowest BCUT2D eigenvalue weighted by Gasteiger charge is -2.07. The largest absolute Gasteiger partial charge is 0.494 e. The van der Waals surface area contributed by atoms with Gasteiger partial charge in [0.25, 0.3) is 0 Å². The maximum Gasteiger partial charge on any atom is 0.341 e. The number of nitrogens with one attached hydrogen (secondary N) is 1. The third-order valence-corrected chi connectivity index (χ3v) is 4.67. The van der Waals surface area contributed by atoms with Gasteiger partial charge in [0.1, 0.15) is 10.8 Å². The fraction of sp³-hybridized carbons (Fsp3) is 0.368. The second-order valence-electron chi connectivity index (χ2n) is 5.33. The summed E-state index contributed by atoms with van der Waals surface area (Å²) in [6.45, 7) is 6.60. The molecule has 0 atom stereocenters. The number of carbonyl (C=O) groups is 2. The van der Waals surface area contributed by atoms with E-state index in [1.807, 2.05) is 38.1 Å². The summed E-state index contributed by atoms with van der Waals surface area (Å²) in [5.74, 6) is 0.205. The van der Waals surface area contributed by atoms with Gasteiger partial charge in [-0.15, -0.1) is 11.3 Å². The van der Waals surface area contributed by atoms with Crippen molar-refractivity contribution in [2.45, 2.75) is 33.6 Å². The molecule has 134 valence electrons. The third-order valence-electron chi connectivity index (χ3n) is 3.48. The van der Waals surface area contributed by atoms with Crippen LogP contribution in [0.5, 0.6) is 5.75 Å². The lowest BCUT2D eigenvalue weighted by molar-refractivity contribution is -0.115. The lowest BCUT2D eigenvalue weighted by atomic mass is 10.1. The summed E-state index contributed by atoms with van der Waals surface area (Å²) in [6.07, 6.45) is 1.03. The summed E-state index contributed by atoms with van der Waals surface area (Å²) in [5.41, 5.74) is 1.30. The van der Waals surface area contributed by atoms with Gasteiger partial charge in [-0.25, -0.2) is 4.79 Å². The van der Waals surface area contributed by atoms with Crippen LogP contribution in [0.3, 0.4) is 0 Å². The Hall–Kier alpha value is -2.34. The van der Waals surface area contributed by atoms with Gasteiger partial charge in [-0.2, -0.15) is 0 Å². The van der Waals surface area contributed by atoms with Crippen LogP contribution in [-0.4, -0.2) is 25.1 Å². The van der Waals surface area contributed by atoms with Crippen LogP contribution in [-0.2, 0) is 22.4 Å². The van der Waals surface area contributed by atoms with Gasteiger partial charge in [-0.3, -0.25) is 4.79 Å². The van der Waals surface area contributed by atoms with E-state index in [2.05, 4.69) is 5.32 Å². The Morgan fingerprint density at radius 2 is 1.80 bits per heavy atom. The third kappa shape index (κ3) is 5.32. The Morgan fingerprint density at radius 3 is 2.40 bits per heavy atom. The predicted molar refractivity (Wildman–Crippen MR) is 99.6 cm³/mol. The minimum atomic E-state index is -0.408. The molecule has 5 nitrogen and oxygen atoms in total. The van der Waals surface area contributed by atoms with E-state index in [0.29, 0.717) is 23.8 Å². The molecule has 0 aliphatic rings.